The molecular weight excluding hydrogens is 278 g/mol. The zero-order chi connectivity index (χ0) is 14.9. The quantitative estimate of drug-likeness (QED) is 0.872. The number of hydrogen-bond acceptors (Lipinski definition) is 3. The van der Waals surface area contributed by atoms with E-state index in [9.17, 15) is 9.59 Å². The number of imide groups is 1. The molecule has 2 unspecified atom stereocenters. The van der Waals surface area contributed by atoms with Gasteiger partial charge in [0.1, 0.15) is 5.75 Å². The van der Waals surface area contributed by atoms with E-state index in [1.54, 1.807) is 25.3 Å². The Morgan fingerprint density at radius 3 is 2.65 bits per heavy atom. The van der Waals surface area contributed by atoms with Crippen molar-refractivity contribution in [3.63, 3.8) is 0 Å². The first-order valence-corrected chi connectivity index (χ1v) is 6.99. The van der Waals surface area contributed by atoms with Gasteiger partial charge >= 0.3 is 0 Å². The van der Waals surface area contributed by atoms with Crippen molar-refractivity contribution in [3.8, 4) is 5.75 Å². The highest BCUT2D eigenvalue weighted by atomic mass is 35.5. The van der Waals surface area contributed by atoms with Crippen molar-refractivity contribution in [1.29, 1.82) is 0 Å². The summed E-state index contributed by atoms with van der Waals surface area (Å²) in [6.07, 6.45) is 0.245. The summed E-state index contributed by atoms with van der Waals surface area (Å²) in [7, 11) is 1.56. The summed E-state index contributed by atoms with van der Waals surface area (Å²) in [6, 6.07) is 5.35. The number of methoxy groups -OCH3 is 1. The van der Waals surface area contributed by atoms with Crippen molar-refractivity contribution in [2.75, 3.05) is 7.11 Å². The van der Waals surface area contributed by atoms with E-state index in [1.165, 1.54) is 0 Å². The average Bonchev–Trinajstić information content (AvgIpc) is 2.36. The average molecular weight is 296 g/mol. The molecule has 2 rings (SSSR count). The Labute approximate surface area is 123 Å². The minimum Gasteiger partial charge on any atom is -0.496 e. The van der Waals surface area contributed by atoms with E-state index >= 15 is 0 Å². The summed E-state index contributed by atoms with van der Waals surface area (Å²) in [5, 5.41) is 2.94. The third-order valence-electron chi connectivity index (χ3n) is 3.73. The van der Waals surface area contributed by atoms with Gasteiger partial charge in [-0.1, -0.05) is 31.5 Å². The summed E-state index contributed by atoms with van der Waals surface area (Å²) >= 11 is 6.28. The largest absolute Gasteiger partial charge is 0.496 e. The fraction of sp³-hybridized carbons (Fsp3) is 0.467. The van der Waals surface area contributed by atoms with Crippen molar-refractivity contribution in [2.24, 2.45) is 11.8 Å². The molecular formula is C15H18ClNO3. The van der Waals surface area contributed by atoms with Gasteiger partial charge in [0.2, 0.25) is 11.8 Å². The lowest BCUT2D eigenvalue weighted by Crippen LogP contribution is -2.46. The molecule has 1 saturated heterocycles. The predicted octanol–water partition coefficient (Wildman–Crippen LogP) is 2.75. The normalized spacial score (nSPS) is 22.9. The number of carbonyl (C=O) groups excluding carboxylic acids is 2. The first-order valence-electron chi connectivity index (χ1n) is 6.61. The summed E-state index contributed by atoms with van der Waals surface area (Å²) in [5.74, 6) is -0.312. The molecule has 20 heavy (non-hydrogen) atoms. The maximum atomic E-state index is 12.1. The van der Waals surface area contributed by atoms with E-state index in [1.807, 2.05) is 13.8 Å². The Morgan fingerprint density at radius 2 is 2.05 bits per heavy atom. The van der Waals surface area contributed by atoms with Crippen LogP contribution < -0.4 is 10.1 Å². The van der Waals surface area contributed by atoms with Gasteiger partial charge in [-0.3, -0.25) is 14.9 Å². The number of rotatable bonds is 3. The van der Waals surface area contributed by atoms with E-state index < -0.39 is 0 Å². The molecule has 1 fully saturated rings. The van der Waals surface area contributed by atoms with Crippen molar-refractivity contribution in [1.82, 2.24) is 5.32 Å². The zero-order valence-corrected chi connectivity index (χ0v) is 12.5. The molecule has 2 amide bonds. The Bertz CT molecular complexity index is 542. The summed E-state index contributed by atoms with van der Waals surface area (Å²) < 4.78 is 5.35. The molecule has 108 valence electrons. The summed E-state index contributed by atoms with van der Waals surface area (Å²) in [6.45, 7) is 3.94. The van der Waals surface area contributed by atoms with Crippen LogP contribution >= 0.6 is 11.6 Å². The molecule has 1 aliphatic rings. The Kier molecular flexibility index (Phi) is 4.33. The maximum absolute atomic E-state index is 12.1. The van der Waals surface area contributed by atoms with Crippen LogP contribution in [0.3, 0.4) is 0 Å². The monoisotopic (exact) mass is 295 g/mol. The second kappa shape index (κ2) is 5.83. The zero-order valence-electron chi connectivity index (χ0n) is 11.8. The van der Waals surface area contributed by atoms with Crippen LogP contribution in [0.4, 0.5) is 0 Å². The molecule has 1 aromatic rings. The number of halogens is 1. The smallest absolute Gasteiger partial charge is 0.230 e. The molecule has 1 heterocycles. The standard InChI is InChI=1S/C15H18ClNO3/c1-8(2)13-9(7-12(18)17-15(13)19)14-10(16)5-4-6-11(14)20-3/h4-6,8-9,13H,7H2,1-3H3,(H,17,18,19). The van der Waals surface area contributed by atoms with E-state index in [-0.39, 0.29) is 36.0 Å². The highest BCUT2D eigenvalue weighted by molar-refractivity contribution is 6.31. The molecule has 0 aromatic heterocycles. The van der Waals surface area contributed by atoms with Gasteiger partial charge in [0, 0.05) is 28.8 Å². The van der Waals surface area contributed by atoms with Gasteiger partial charge in [0.05, 0.1) is 7.11 Å². The van der Waals surface area contributed by atoms with Gasteiger partial charge in [-0.25, -0.2) is 0 Å². The number of hydrogen-bond donors (Lipinski definition) is 1. The van der Waals surface area contributed by atoms with Crippen LogP contribution in [0, 0.1) is 11.8 Å². The van der Waals surface area contributed by atoms with E-state index in [4.69, 9.17) is 16.3 Å². The Hall–Kier alpha value is -1.55. The van der Waals surface area contributed by atoms with Gasteiger partial charge in [-0.05, 0) is 18.1 Å². The van der Waals surface area contributed by atoms with Crippen molar-refractivity contribution < 1.29 is 14.3 Å². The molecule has 1 aromatic carbocycles. The molecule has 1 N–H and O–H groups in total. The fourth-order valence-corrected chi connectivity index (χ4v) is 3.19. The van der Waals surface area contributed by atoms with Crippen molar-refractivity contribution in [3.05, 3.63) is 28.8 Å². The van der Waals surface area contributed by atoms with Crippen LogP contribution in [0.5, 0.6) is 5.75 Å². The van der Waals surface area contributed by atoms with Gasteiger partial charge in [0.25, 0.3) is 0 Å². The lowest BCUT2D eigenvalue weighted by atomic mass is 9.74. The number of amides is 2. The van der Waals surface area contributed by atoms with Crippen molar-refractivity contribution >= 4 is 23.4 Å². The molecule has 0 spiro atoms. The van der Waals surface area contributed by atoms with Gasteiger partial charge < -0.3 is 4.74 Å². The lowest BCUT2D eigenvalue weighted by molar-refractivity contribution is -0.138. The van der Waals surface area contributed by atoms with Crippen LogP contribution in [0.1, 0.15) is 31.7 Å². The van der Waals surface area contributed by atoms with Crippen molar-refractivity contribution in [2.45, 2.75) is 26.2 Å². The predicted molar refractivity (Wildman–Crippen MR) is 76.8 cm³/mol. The number of benzene rings is 1. The number of nitrogens with one attached hydrogen (secondary N) is 1. The van der Waals surface area contributed by atoms with E-state index in [0.717, 1.165) is 5.56 Å². The van der Waals surface area contributed by atoms with Crippen LogP contribution in [0.2, 0.25) is 5.02 Å². The second-order valence-electron chi connectivity index (χ2n) is 5.35. The molecule has 0 radical (unpaired) electrons. The van der Waals surface area contributed by atoms with Crippen LogP contribution in [0.25, 0.3) is 0 Å². The van der Waals surface area contributed by atoms with Crippen LogP contribution in [-0.2, 0) is 9.59 Å². The van der Waals surface area contributed by atoms with Gasteiger partial charge in [0.15, 0.2) is 0 Å². The minimum atomic E-state index is -0.290. The number of carbonyl (C=O) groups is 2. The molecule has 1 aliphatic heterocycles. The second-order valence-corrected chi connectivity index (χ2v) is 5.76. The fourth-order valence-electron chi connectivity index (χ4n) is 2.89. The van der Waals surface area contributed by atoms with Gasteiger partial charge in [-0.2, -0.15) is 0 Å². The topological polar surface area (TPSA) is 55.4 Å². The molecule has 2 atom stereocenters. The third kappa shape index (κ3) is 2.66. The van der Waals surface area contributed by atoms with Crippen LogP contribution in [0.15, 0.2) is 18.2 Å². The molecule has 0 aliphatic carbocycles. The lowest BCUT2D eigenvalue weighted by Gasteiger charge is -2.34. The first kappa shape index (κ1) is 14.9. The Morgan fingerprint density at radius 1 is 1.35 bits per heavy atom. The molecule has 5 heteroatoms. The molecule has 4 nitrogen and oxygen atoms in total. The highest BCUT2D eigenvalue weighted by Gasteiger charge is 2.40. The first-order chi connectivity index (χ1) is 9.45. The SMILES string of the molecule is COc1cccc(Cl)c1C1CC(=O)NC(=O)C1C(C)C. The third-order valence-corrected chi connectivity index (χ3v) is 4.06. The Balaban J connectivity index is 2.52. The molecule has 0 bridgehead atoms. The number of ether oxygens (including phenoxy) is 1. The van der Waals surface area contributed by atoms with Crippen LogP contribution in [-0.4, -0.2) is 18.9 Å². The molecule has 0 saturated carbocycles. The summed E-state index contributed by atoms with van der Waals surface area (Å²) in [4.78, 5) is 23.8. The van der Waals surface area contributed by atoms with E-state index in [2.05, 4.69) is 5.32 Å². The van der Waals surface area contributed by atoms with Gasteiger partial charge in [-0.15, -0.1) is 0 Å². The minimum absolute atomic E-state index is 0.106. The maximum Gasteiger partial charge on any atom is 0.230 e. The summed E-state index contributed by atoms with van der Waals surface area (Å²) in [5.41, 5.74) is 0.749. The highest BCUT2D eigenvalue weighted by Crippen LogP contribution is 2.43. The van der Waals surface area contributed by atoms with E-state index in [0.29, 0.717) is 10.8 Å². The number of piperidine rings is 1.